The zero-order valence-electron chi connectivity index (χ0n) is 12.2. The molecule has 7 heteroatoms. The summed E-state index contributed by atoms with van der Waals surface area (Å²) < 4.78 is 31.8. The largest absolute Gasteiger partial charge is 0.466 e. The summed E-state index contributed by atoms with van der Waals surface area (Å²) >= 11 is 5.93. The number of hydrogen-bond donors (Lipinski definition) is 1. The van der Waals surface area contributed by atoms with Crippen molar-refractivity contribution in [3.05, 3.63) is 65.2 Å². The van der Waals surface area contributed by atoms with E-state index in [9.17, 15) is 13.2 Å². The van der Waals surface area contributed by atoms with Gasteiger partial charge in [0.1, 0.15) is 0 Å². The van der Waals surface area contributed by atoms with Gasteiger partial charge in [-0.2, -0.15) is 0 Å². The molecule has 2 aromatic carbocycles. The zero-order chi connectivity index (χ0) is 16.9. The SMILES string of the molecule is COC(=O)C=Cc1ccc(Cl)cc1NS(=O)(=O)c1ccccc1. The van der Waals surface area contributed by atoms with Crippen LogP contribution in [-0.4, -0.2) is 21.5 Å². The Balaban J connectivity index is 2.37. The van der Waals surface area contributed by atoms with E-state index in [2.05, 4.69) is 9.46 Å². The molecule has 5 nitrogen and oxygen atoms in total. The number of esters is 1. The molecule has 23 heavy (non-hydrogen) atoms. The van der Waals surface area contributed by atoms with Crippen LogP contribution in [0.15, 0.2) is 59.5 Å². The monoisotopic (exact) mass is 351 g/mol. The van der Waals surface area contributed by atoms with Gasteiger partial charge in [0.05, 0.1) is 17.7 Å². The third-order valence-corrected chi connectivity index (χ3v) is 4.53. The minimum Gasteiger partial charge on any atom is -0.466 e. The lowest BCUT2D eigenvalue weighted by atomic mass is 10.1. The first-order chi connectivity index (χ1) is 10.9. The van der Waals surface area contributed by atoms with Crippen LogP contribution in [0, 0.1) is 0 Å². The van der Waals surface area contributed by atoms with Crippen molar-refractivity contribution in [2.45, 2.75) is 4.90 Å². The fourth-order valence-electron chi connectivity index (χ4n) is 1.79. The van der Waals surface area contributed by atoms with Crippen LogP contribution in [0.2, 0.25) is 5.02 Å². The Morgan fingerprint density at radius 2 is 1.87 bits per heavy atom. The van der Waals surface area contributed by atoms with Crippen molar-refractivity contribution >= 4 is 39.4 Å². The summed E-state index contributed by atoms with van der Waals surface area (Å²) in [6.07, 6.45) is 2.65. The Morgan fingerprint density at radius 3 is 2.52 bits per heavy atom. The smallest absolute Gasteiger partial charge is 0.330 e. The summed E-state index contributed by atoms with van der Waals surface area (Å²) in [7, 11) is -2.50. The number of ether oxygens (including phenoxy) is 1. The summed E-state index contributed by atoms with van der Waals surface area (Å²) in [5, 5.41) is 0.367. The van der Waals surface area contributed by atoms with Gasteiger partial charge in [-0.25, -0.2) is 13.2 Å². The van der Waals surface area contributed by atoms with E-state index in [-0.39, 0.29) is 10.6 Å². The first-order valence-corrected chi connectivity index (χ1v) is 8.42. The summed E-state index contributed by atoms with van der Waals surface area (Å²) in [5.74, 6) is -0.545. The van der Waals surface area contributed by atoms with E-state index in [1.807, 2.05) is 0 Å². The van der Waals surface area contributed by atoms with Gasteiger partial charge in [-0.15, -0.1) is 0 Å². The van der Waals surface area contributed by atoms with Crippen molar-refractivity contribution in [2.75, 3.05) is 11.8 Å². The summed E-state index contributed by atoms with van der Waals surface area (Å²) in [5.41, 5.74) is 0.751. The van der Waals surface area contributed by atoms with Gasteiger partial charge in [-0.1, -0.05) is 35.9 Å². The van der Waals surface area contributed by atoms with Crippen molar-refractivity contribution in [3.8, 4) is 0 Å². The van der Waals surface area contributed by atoms with E-state index in [4.69, 9.17) is 11.6 Å². The van der Waals surface area contributed by atoms with Crippen LogP contribution in [-0.2, 0) is 19.6 Å². The highest BCUT2D eigenvalue weighted by molar-refractivity contribution is 7.92. The molecule has 2 rings (SSSR count). The zero-order valence-corrected chi connectivity index (χ0v) is 13.8. The third kappa shape index (κ3) is 4.58. The highest BCUT2D eigenvalue weighted by Gasteiger charge is 2.15. The summed E-state index contributed by atoms with van der Waals surface area (Å²) in [6.45, 7) is 0. The minimum absolute atomic E-state index is 0.128. The number of halogens is 1. The van der Waals surface area contributed by atoms with E-state index in [0.717, 1.165) is 0 Å². The second-order valence-electron chi connectivity index (χ2n) is 4.51. The molecule has 0 amide bonds. The van der Waals surface area contributed by atoms with Gasteiger partial charge in [0.25, 0.3) is 10.0 Å². The Bertz CT molecular complexity index is 832. The number of carbonyl (C=O) groups is 1. The molecule has 0 atom stereocenters. The Kier molecular flexibility index (Phi) is 5.41. The van der Waals surface area contributed by atoms with Gasteiger partial charge in [-0.3, -0.25) is 4.72 Å². The maximum atomic E-state index is 12.4. The maximum Gasteiger partial charge on any atom is 0.330 e. The number of hydrogen-bond acceptors (Lipinski definition) is 4. The Labute approximate surface area is 139 Å². The molecular weight excluding hydrogens is 338 g/mol. The normalized spacial score (nSPS) is 11.4. The average Bonchev–Trinajstić information content (AvgIpc) is 2.54. The van der Waals surface area contributed by atoms with Crippen LogP contribution in [0.25, 0.3) is 6.08 Å². The first-order valence-electron chi connectivity index (χ1n) is 6.56. The highest BCUT2D eigenvalue weighted by atomic mass is 35.5. The Hall–Kier alpha value is -2.31. The molecule has 0 radical (unpaired) electrons. The predicted molar refractivity (Wildman–Crippen MR) is 89.8 cm³/mol. The quantitative estimate of drug-likeness (QED) is 0.662. The predicted octanol–water partition coefficient (Wildman–Crippen LogP) is 3.33. The minimum atomic E-state index is -3.76. The van der Waals surface area contributed by atoms with Crippen molar-refractivity contribution in [3.63, 3.8) is 0 Å². The van der Waals surface area contributed by atoms with Gasteiger partial charge >= 0.3 is 5.97 Å². The molecule has 0 fully saturated rings. The molecule has 0 aliphatic heterocycles. The number of methoxy groups -OCH3 is 1. The van der Waals surface area contributed by atoms with Crippen molar-refractivity contribution in [1.82, 2.24) is 0 Å². The van der Waals surface area contributed by atoms with Gasteiger partial charge in [-0.05, 0) is 35.9 Å². The molecular formula is C16H14ClNO4S. The second kappa shape index (κ2) is 7.30. The van der Waals surface area contributed by atoms with Crippen molar-refractivity contribution < 1.29 is 17.9 Å². The number of rotatable bonds is 5. The number of sulfonamides is 1. The molecule has 0 spiro atoms. The third-order valence-electron chi connectivity index (χ3n) is 2.91. The fraction of sp³-hybridized carbons (Fsp3) is 0.0625. The number of anilines is 1. The maximum absolute atomic E-state index is 12.4. The second-order valence-corrected chi connectivity index (χ2v) is 6.63. The van der Waals surface area contributed by atoms with E-state index < -0.39 is 16.0 Å². The molecule has 0 aliphatic carbocycles. The van der Waals surface area contributed by atoms with Gasteiger partial charge in [0, 0.05) is 11.1 Å². The number of nitrogens with one attached hydrogen (secondary N) is 1. The molecule has 0 aromatic heterocycles. The molecule has 0 aliphatic rings. The van der Waals surface area contributed by atoms with E-state index in [0.29, 0.717) is 10.6 Å². The molecule has 2 aromatic rings. The lowest BCUT2D eigenvalue weighted by Crippen LogP contribution is -2.13. The van der Waals surface area contributed by atoms with Crippen LogP contribution in [0.4, 0.5) is 5.69 Å². The van der Waals surface area contributed by atoms with Gasteiger partial charge in [0.15, 0.2) is 0 Å². The molecule has 120 valence electrons. The molecule has 0 saturated carbocycles. The Morgan fingerprint density at radius 1 is 1.17 bits per heavy atom. The van der Waals surface area contributed by atoms with Crippen LogP contribution in [0.1, 0.15) is 5.56 Å². The highest BCUT2D eigenvalue weighted by Crippen LogP contribution is 2.25. The standard InChI is InChI=1S/C16H14ClNO4S/c1-22-16(19)10-8-12-7-9-13(17)11-15(12)18-23(20,21)14-5-3-2-4-6-14/h2-11,18H,1H3. The summed E-state index contributed by atoms with van der Waals surface area (Å²) in [6, 6.07) is 12.6. The van der Waals surface area contributed by atoms with Crippen LogP contribution in [0.5, 0.6) is 0 Å². The van der Waals surface area contributed by atoms with Crippen LogP contribution in [0.3, 0.4) is 0 Å². The lowest BCUT2D eigenvalue weighted by molar-refractivity contribution is -0.134. The molecule has 0 saturated heterocycles. The summed E-state index contributed by atoms with van der Waals surface area (Å²) in [4.78, 5) is 11.3. The van der Waals surface area contributed by atoms with Gasteiger partial charge in [0.2, 0.25) is 0 Å². The van der Waals surface area contributed by atoms with Crippen molar-refractivity contribution in [1.29, 1.82) is 0 Å². The molecule has 0 heterocycles. The molecule has 0 unspecified atom stereocenters. The number of benzene rings is 2. The molecule has 1 N–H and O–H groups in total. The fourth-order valence-corrected chi connectivity index (χ4v) is 3.06. The lowest BCUT2D eigenvalue weighted by Gasteiger charge is -2.11. The van der Waals surface area contributed by atoms with E-state index in [1.54, 1.807) is 30.3 Å². The molecule has 0 bridgehead atoms. The van der Waals surface area contributed by atoms with Crippen molar-refractivity contribution in [2.24, 2.45) is 0 Å². The first kappa shape index (κ1) is 17.1. The van der Waals surface area contributed by atoms with Crippen LogP contribution < -0.4 is 4.72 Å². The average molecular weight is 352 g/mol. The topological polar surface area (TPSA) is 72.5 Å². The van der Waals surface area contributed by atoms with Crippen LogP contribution >= 0.6 is 11.6 Å². The van der Waals surface area contributed by atoms with E-state index in [1.165, 1.54) is 37.5 Å². The van der Waals surface area contributed by atoms with Gasteiger partial charge < -0.3 is 4.74 Å². The number of carbonyl (C=O) groups excluding carboxylic acids is 1. The van der Waals surface area contributed by atoms with E-state index >= 15 is 0 Å².